The Morgan fingerprint density at radius 1 is 1.38 bits per heavy atom. The highest BCUT2D eigenvalue weighted by atomic mass is 31.2. The maximum Gasteiger partial charge on any atom is 0.333 e. The SMILES string of the molecule is CC(Oc1ccccc1)C(=O)CP(=O)(O)O. The highest BCUT2D eigenvalue weighted by Gasteiger charge is 2.24. The first-order chi connectivity index (χ1) is 7.38. The first kappa shape index (κ1) is 12.9. The molecule has 0 aromatic heterocycles. The lowest BCUT2D eigenvalue weighted by molar-refractivity contribution is -0.122. The zero-order chi connectivity index (χ0) is 12.2. The van der Waals surface area contributed by atoms with Crippen molar-refractivity contribution in [3.8, 4) is 5.75 Å². The van der Waals surface area contributed by atoms with Crippen molar-refractivity contribution >= 4 is 13.4 Å². The van der Waals surface area contributed by atoms with E-state index < -0.39 is 25.6 Å². The average molecular weight is 244 g/mol. The number of rotatable bonds is 5. The number of ether oxygens (including phenoxy) is 1. The van der Waals surface area contributed by atoms with Crippen LogP contribution in [0.25, 0.3) is 0 Å². The Hall–Kier alpha value is -1.16. The van der Waals surface area contributed by atoms with E-state index in [1.807, 2.05) is 0 Å². The van der Waals surface area contributed by atoms with Gasteiger partial charge in [0.05, 0.1) is 0 Å². The van der Waals surface area contributed by atoms with Crippen molar-refractivity contribution in [2.45, 2.75) is 13.0 Å². The second-order valence-electron chi connectivity index (χ2n) is 3.36. The third-order valence-electron chi connectivity index (χ3n) is 1.87. The molecule has 0 saturated heterocycles. The Balaban J connectivity index is 2.56. The third-order valence-corrected chi connectivity index (χ3v) is 2.59. The second kappa shape index (κ2) is 5.25. The Labute approximate surface area is 93.2 Å². The van der Waals surface area contributed by atoms with E-state index in [0.29, 0.717) is 5.75 Å². The van der Waals surface area contributed by atoms with Crippen LogP contribution < -0.4 is 4.74 Å². The van der Waals surface area contributed by atoms with Crippen molar-refractivity contribution < 1.29 is 23.9 Å². The fraction of sp³-hybridized carbons (Fsp3) is 0.300. The van der Waals surface area contributed by atoms with Gasteiger partial charge in [0.1, 0.15) is 11.9 Å². The van der Waals surface area contributed by atoms with E-state index in [1.165, 1.54) is 6.92 Å². The van der Waals surface area contributed by atoms with Crippen LogP contribution in [-0.2, 0) is 9.36 Å². The average Bonchev–Trinajstić information content (AvgIpc) is 2.16. The second-order valence-corrected chi connectivity index (χ2v) is 5.01. The van der Waals surface area contributed by atoms with Gasteiger partial charge in [-0.1, -0.05) is 18.2 Å². The Morgan fingerprint density at radius 2 is 1.94 bits per heavy atom. The molecule has 0 fully saturated rings. The monoisotopic (exact) mass is 244 g/mol. The third kappa shape index (κ3) is 4.57. The summed E-state index contributed by atoms with van der Waals surface area (Å²) in [7, 11) is -4.31. The normalized spacial score (nSPS) is 13.2. The lowest BCUT2D eigenvalue weighted by atomic mass is 10.3. The van der Waals surface area contributed by atoms with E-state index in [2.05, 4.69) is 0 Å². The standard InChI is InChI=1S/C10H13O5P/c1-8(10(11)7-16(12,13)14)15-9-5-3-2-4-6-9/h2-6,8H,7H2,1H3,(H2,12,13,14). The minimum Gasteiger partial charge on any atom is -0.483 e. The van der Waals surface area contributed by atoms with Crippen LogP contribution in [0, 0.1) is 0 Å². The molecule has 0 heterocycles. The zero-order valence-corrected chi connectivity index (χ0v) is 9.63. The summed E-state index contributed by atoms with van der Waals surface area (Å²) in [4.78, 5) is 28.6. The van der Waals surface area contributed by atoms with Gasteiger partial charge in [-0.25, -0.2) is 0 Å². The van der Waals surface area contributed by atoms with Crippen molar-refractivity contribution in [2.75, 3.05) is 6.16 Å². The number of para-hydroxylation sites is 1. The smallest absolute Gasteiger partial charge is 0.333 e. The van der Waals surface area contributed by atoms with Crippen LogP contribution in [0.4, 0.5) is 0 Å². The van der Waals surface area contributed by atoms with Crippen LogP contribution in [0.15, 0.2) is 30.3 Å². The predicted octanol–water partition coefficient (Wildman–Crippen LogP) is 1.20. The molecule has 5 nitrogen and oxygen atoms in total. The Morgan fingerprint density at radius 3 is 2.44 bits per heavy atom. The number of hydrogen-bond donors (Lipinski definition) is 2. The summed E-state index contributed by atoms with van der Waals surface area (Å²) in [5.74, 6) is -0.119. The molecule has 0 aliphatic heterocycles. The van der Waals surface area contributed by atoms with Gasteiger partial charge in [0.15, 0.2) is 11.9 Å². The topological polar surface area (TPSA) is 83.8 Å². The molecule has 0 spiro atoms. The van der Waals surface area contributed by atoms with E-state index in [9.17, 15) is 9.36 Å². The van der Waals surface area contributed by atoms with E-state index in [4.69, 9.17) is 14.5 Å². The Kier molecular flexibility index (Phi) is 4.24. The minimum atomic E-state index is -4.31. The molecule has 0 aliphatic carbocycles. The summed E-state index contributed by atoms with van der Waals surface area (Å²) in [6.07, 6.45) is -1.66. The van der Waals surface area contributed by atoms with Gasteiger partial charge < -0.3 is 14.5 Å². The molecule has 0 aliphatic rings. The van der Waals surface area contributed by atoms with Crippen molar-refractivity contribution in [1.29, 1.82) is 0 Å². The Bertz CT molecular complexity index is 397. The van der Waals surface area contributed by atoms with Crippen LogP contribution in [0.2, 0.25) is 0 Å². The van der Waals surface area contributed by atoms with Gasteiger partial charge in [0, 0.05) is 0 Å². The van der Waals surface area contributed by atoms with Gasteiger partial charge in [0.25, 0.3) is 0 Å². The molecule has 1 aromatic carbocycles. The highest BCUT2D eigenvalue weighted by Crippen LogP contribution is 2.34. The predicted molar refractivity (Wildman–Crippen MR) is 58.5 cm³/mol. The highest BCUT2D eigenvalue weighted by molar-refractivity contribution is 7.52. The van der Waals surface area contributed by atoms with Crippen molar-refractivity contribution in [3.63, 3.8) is 0 Å². The molecule has 6 heteroatoms. The van der Waals surface area contributed by atoms with E-state index in [-0.39, 0.29) is 0 Å². The molecular weight excluding hydrogens is 231 g/mol. The van der Waals surface area contributed by atoms with Crippen molar-refractivity contribution in [2.24, 2.45) is 0 Å². The van der Waals surface area contributed by atoms with Crippen LogP contribution in [0.1, 0.15) is 6.92 Å². The molecule has 2 N–H and O–H groups in total. The molecule has 1 atom stereocenters. The van der Waals surface area contributed by atoms with Gasteiger partial charge in [-0.2, -0.15) is 0 Å². The van der Waals surface area contributed by atoms with Crippen LogP contribution in [0.3, 0.4) is 0 Å². The largest absolute Gasteiger partial charge is 0.483 e. The number of benzene rings is 1. The lowest BCUT2D eigenvalue weighted by Gasteiger charge is -2.13. The molecule has 0 radical (unpaired) electrons. The molecular formula is C10H13O5P. The molecule has 1 rings (SSSR count). The molecule has 16 heavy (non-hydrogen) atoms. The number of carbonyl (C=O) groups excluding carboxylic acids is 1. The van der Waals surface area contributed by atoms with Crippen molar-refractivity contribution in [1.82, 2.24) is 0 Å². The van der Waals surface area contributed by atoms with Gasteiger partial charge in [-0.05, 0) is 19.1 Å². The first-order valence-electron chi connectivity index (χ1n) is 4.67. The maximum absolute atomic E-state index is 11.3. The fourth-order valence-electron chi connectivity index (χ4n) is 1.10. The van der Waals surface area contributed by atoms with Gasteiger partial charge in [-0.3, -0.25) is 9.36 Å². The maximum atomic E-state index is 11.3. The van der Waals surface area contributed by atoms with Crippen LogP contribution in [0.5, 0.6) is 5.75 Å². The van der Waals surface area contributed by atoms with E-state index >= 15 is 0 Å². The lowest BCUT2D eigenvalue weighted by Crippen LogP contribution is -2.26. The summed E-state index contributed by atoms with van der Waals surface area (Å²) in [6, 6.07) is 8.63. The van der Waals surface area contributed by atoms with E-state index in [0.717, 1.165) is 0 Å². The molecule has 0 amide bonds. The van der Waals surface area contributed by atoms with Gasteiger partial charge in [-0.15, -0.1) is 0 Å². The summed E-state index contributed by atoms with van der Waals surface area (Å²) in [6.45, 7) is 1.46. The molecule has 1 aromatic rings. The van der Waals surface area contributed by atoms with Crippen LogP contribution >= 0.6 is 7.60 Å². The zero-order valence-electron chi connectivity index (χ0n) is 8.74. The number of hydrogen-bond acceptors (Lipinski definition) is 3. The molecule has 1 unspecified atom stereocenters. The van der Waals surface area contributed by atoms with Gasteiger partial charge in [0.2, 0.25) is 0 Å². The first-order valence-corrected chi connectivity index (χ1v) is 6.47. The fourth-order valence-corrected chi connectivity index (χ4v) is 1.76. The minimum absolute atomic E-state index is 0.495. The van der Waals surface area contributed by atoms with Gasteiger partial charge >= 0.3 is 7.60 Å². The van der Waals surface area contributed by atoms with E-state index in [1.54, 1.807) is 30.3 Å². The quantitative estimate of drug-likeness (QED) is 0.760. The summed E-state index contributed by atoms with van der Waals surface area (Å²) >= 11 is 0. The summed E-state index contributed by atoms with van der Waals surface area (Å²) < 4.78 is 15.8. The van der Waals surface area contributed by atoms with Crippen LogP contribution in [-0.4, -0.2) is 27.8 Å². The summed E-state index contributed by atoms with van der Waals surface area (Å²) in [5, 5.41) is 0. The molecule has 0 bridgehead atoms. The number of Topliss-reactive ketones (excluding diaryl/α,β-unsaturated/α-hetero) is 1. The molecule has 88 valence electrons. The molecule has 0 saturated carbocycles. The number of ketones is 1. The van der Waals surface area contributed by atoms with Crippen molar-refractivity contribution in [3.05, 3.63) is 30.3 Å². The summed E-state index contributed by atoms with van der Waals surface area (Å²) in [5.41, 5.74) is 0. The number of carbonyl (C=O) groups is 1.